The van der Waals surface area contributed by atoms with E-state index in [1.807, 2.05) is 30.3 Å². The molecule has 0 aliphatic carbocycles. The number of nitrogens with one attached hydrogen (secondary N) is 1. The molecule has 1 atom stereocenters. The topological polar surface area (TPSA) is 32.3 Å². The molecule has 2 rings (SSSR count). The van der Waals surface area contributed by atoms with Crippen LogP contribution in [0.1, 0.15) is 22.7 Å². The van der Waals surface area contributed by atoms with Crippen LogP contribution in [0.15, 0.2) is 48.5 Å². The molecule has 18 heavy (non-hydrogen) atoms. The molecule has 0 heterocycles. The monoisotopic (exact) mass is 241 g/mol. The molecule has 0 fully saturated rings. The van der Waals surface area contributed by atoms with Crippen molar-refractivity contribution >= 4 is 5.69 Å². The summed E-state index contributed by atoms with van der Waals surface area (Å²) in [4.78, 5) is 0. The Morgan fingerprint density at radius 2 is 1.56 bits per heavy atom. The average molecular weight is 241 g/mol. The molecule has 94 valence electrons. The molecule has 0 aliphatic rings. The van der Waals surface area contributed by atoms with Crippen LogP contribution in [0.3, 0.4) is 0 Å². The fourth-order valence-electron chi connectivity index (χ4n) is 2.12. The van der Waals surface area contributed by atoms with E-state index in [4.69, 9.17) is 0 Å². The second-order valence-electron chi connectivity index (χ2n) is 4.55. The number of anilines is 1. The predicted molar refractivity (Wildman–Crippen MR) is 75.8 cm³/mol. The Morgan fingerprint density at radius 3 is 2.17 bits per heavy atom. The van der Waals surface area contributed by atoms with E-state index in [1.54, 1.807) is 0 Å². The number of hydrogen-bond acceptors (Lipinski definition) is 2. The molecule has 2 heteroatoms. The van der Waals surface area contributed by atoms with Gasteiger partial charge in [0.15, 0.2) is 0 Å². The Balaban J connectivity index is 2.26. The second-order valence-corrected chi connectivity index (χ2v) is 4.55. The van der Waals surface area contributed by atoms with E-state index in [0.717, 1.165) is 11.3 Å². The van der Waals surface area contributed by atoms with Crippen molar-refractivity contribution in [3.8, 4) is 0 Å². The molecule has 0 amide bonds. The lowest BCUT2D eigenvalue weighted by Crippen LogP contribution is -2.16. The largest absolute Gasteiger partial charge is 0.394 e. The third-order valence-electron chi connectivity index (χ3n) is 3.22. The zero-order valence-electron chi connectivity index (χ0n) is 10.9. The highest BCUT2D eigenvalue weighted by Gasteiger charge is 2.12. The van der Waals surface area contributed by atoms with Crippen molar-refractivity contribution in [1.82, 2.24) is 0 Å². The van der Waals surface area contributed by atoms with E-state index < -0.39 is 0 Å². The summed E-state index contributed by atoms with van der Waals surface area (Å²) in [6.45, 7) is 4.21. The smallest absolute Gasteiger partial charge is 0.0747 e. The van der Waals surface area contributed by atoms with E-state index in [-0.39, 0.29) is 12.6 Å². The fourth-order valence-corrected chi connectivity index (χ4v) is 2.12. The molecule has 0 aromatic heterocycles. The molecule has 1 unspecified atom stereocenters. The quantitative estimate of drug-likeness (QED) is 0.859. The first-order chi connectivity index (χ1) is 8.72. The van der Waals surface area contributed by atoms with Gasteiger partial charge < -0.3 is 10.4 Å². The number of aryl methyl sites for hydroxylation is 2. The lowest BCUT2D eigenvalue weighted by Gasteiger charge is -2.21. The molecule has 0 radical (unpaired) electrons. The van der Waals surface area contributed by atoms with Crippen LogP contribution in [-0.4, -0.2) is 11.7 Å². The minimum Gasteiger partial charge on any atom is -0.394 e. The van der Waals surface area contributed by atoms with Gasteiger partial charge in [-0.3, -0.25) is 0 Å². The van der Waals surface area contributed by atoms with Gasteiger partial charge in [0.2, 0.25) is 0 Å². The molecule has 0 saturated heterocycles. The molecule has 0 spiro atoms. The van der Waals surface area contributed by atoms with Crippen molar-refractivity contribution in [3.63, 3.8) is 0 Å². The third kappa shape index (κ3) is 2.71. The Hall–Kier alpha value is -1.80. The van der Waals surface area contributed by atoms with E-state index in [0.29, 0.717) is 0 Å². The van der Waals surface area contributed by atoms with Crippen LogP contribution >= 0.6 is 0 Å². The Bertz CT molecular complexity index is 522. The van der Waals surface area contributed by atoms with Crippen LogP contribution in [0, 0.1) is 13.8 Å². The molecular weight excluding hydrogens is 222 g/mol. The summed E-state index contributed by atoms with van der Waals surface area (Å²) in [5.74, 6) is 0. The zero-order valence-corrected chi connectivity index (χ0v) is 10.9. The highest BCUT2D eigenvalue weighted by molar-refractivity contribution is 5.52. The maximum absolute atomic E-state index is 9.59. The lowest BCUT2D eigenvalue weighted by molar-refractivity contribution is 0.276. The van der Waals surface area contributed by atoms with Gasteiger partial charge in [-0.1, -0.05) is 42.5 Å². The van der Waals surface area contributed by atoms with Crippen LogP contribution in [0.25, 0.3) is 0 Å². The normalized spacial score (nSPS) is 12.2. The highest BCUT2D eigenvalue weighted by Crippen LogP contribution is 2.23. The summed E-state index contributed by atoms with van der Waals surface area (Å²) in [7, 11) is 0. The SMILES string of the molecule is Cc1ccccc1NC(CO)c1ccccc1C. The molecular formula is C16H19NO. The second kappa shape index (κ2) is 5.69. The van der Waals surface area contributed by atoms with Crippen molar-refractivity contribution in [2.24, 2.45) is 0 Å². The lowest BCUT2D eigenvalue weighted by atomic mass is 10.0. The maximum Gasteiger partial charge on any atom is 0.0747 e. The van der Waals surface area contributed by atoms with Crippen LogP contribution in [0.5, 0.6) is 0 Å². The van der Waals surface area contributed by atoms with Gasteiger partial charge in [0.1, 0.15) is 0 Å². The third-order valence-corrected chi connectivity index (χ3v) is 3.22. The van der Waals surface area contributed by atoms with Crippen LogP contribution < -0.4 is 5.32 Å². The number of benzene rings is 2. The summed E-state index contributed by atoms with van der Waals surface area (Å²) in [6, 6.07) is 16.2. The fraction of sp³-hybridized carbons (Fsp3) is 0.250. The van der Waals surface area contributed by atoms with Gasteiger partial charge in [-0.25, -0.2) is 0 Å². The summed E-state index contributed by atoms with van der Waals surface area (Å²) in [6.07, 6.45) is 0. The van der Waals surface area contributed by atoms with Crippen molar-refractivity contribution in [2.45, 2.75) is 19.9 Å². The number of hydrogen-bond donors (Lipinski definition) is 2. The molecule has 0 saturated carbocycles. The molecule has 2 aromatic rings. The van der Waals surface area contributed by atoms with Crippen molar-refractivity contribution in [1.29, 1.82) is 0 Å². The number of aliphatic hydroxyl groups is 1. The van der Waals surface area contributed by atoms with Crippen LogP contribution in [-0.2, 0) is 0 Å². The number of para-hydroxylation sites is 1. The van der Waals surface area contributed by atoms with Gasteiger partial charge >= 0.3 is 0 Å². The standard InChI is InChI=1S/C16H19NO/c1-12-7-3-5-9-14(12)16(11-18)17-15-10-6-4-8-13(15)2/h3-10,16-18H,11H2,1-2H3. The van der Waals surface area contributed by atoms with Gasteiger partial charge in [0, 0.05) is 5.69 Å². The Labute approximate surface area is 108 Å². The first-order valence-electron chi connectivity index (χ1n) is 6.21. The van der Waals surface area contributed by atoms with E-state index in [2.05, 4.69) is 37.4 Å². The number of rotatable bonds is 4. The van der Waals surface area contributed by atoms with E-state index in [9.17, 15) is 5.11 Å². The average Bonchev–Trinajstić information content (AvgIpc) is 2.39. The van der Waals surface area contributed by atoms with Crippen molar-refractivity contribution in [3.05, 3.63) is 65.2 Å². The minimum atomic E-state index is -0.0627. The highest BCUT2D eigenvalue weighted by atomic mass is 16.3. The van der Waals surface area contributed by atoms with Crippen molar-refractivity contribution in [2.75, 3.05) is 11.9 Å². The van der Waals surface area contributed by atoms with Gasteiger partial charge in [-0.15, -0.1) is 0 Å². The maximum atomic E-state index is 9.59. The first kappa shape index (κ1) is 12.7. The molecule has 2 nitrogen and oxygen atoms in total. The first-order valence-corrected chi connectivity index (χ1v) is 6.21. The predicted octanol–water partition coefficient (Wildman–Crippen LogP) is 3.45. The van der Waals surface area contributed by atoms with Crippen molar-refractivity contribution < 1.29 is 5.11 Å². The van der Waals surface area contributed by atoms with Gasteiger partial charge in [-0.2, -0.15) is 0 Å². The van der Waals surface area contributed by atoms with E-state index in [1.165, 1.54) is 11.1 Å². The summed E-state index contributed by atoms with van der Waals surface area (Å²) in [5, 5.41) is 13.0. The minimum absolute atomic E-state index is 0.0627. The van der Waals surface area contributed by atoms with Gasteiger partial charge in [-0.05, 0) is 36.6 Å². The van der Waals surface area contributed by atoms with E-state index >= 15 is 0 Å². The zero-order chi connectivity index (χ0) is 13.0. The van der Waals surface area contributed by atoms with Gasteiger partial charge in [0.25, 0.3) is 0 Å². The molecule has 0 aliphatic heterocycles. The molecule has 2 aromatic carbocycles. The van der Waals surface area contributed by atoms with Crippen LogP contribution in [0.2, 0.25) is 0 Å². The van der Waals surface area contributed by atoms with Crippen LogP contribution in [0.4, 0.5) is 5.69 Å². The summed E-state index contributed by atoms with van der Waals surface area (Å²) >= 11 is 0. The number of aliphatic hydroxyl groups excluding tert-OH is 1. The molecule has 2 N–H and O–H groups in total. The van der Waals surface area contributed by atoms with Gasteiger partial charge in [0.05, 0.1) is 12.6 Å². The summed E-state index contributed by atoms with van der Waals surface area (Å²) < 4.78 is 0. The Kier molecular flexibility index (Phi) is 4.00. The summed E-state index contributed by atoms with van der Waals surface area (Å²) in [5.41, 5.74) is 4.59. The Morgan fingerprint density at radius 1 is 0.944 bits per heavy atom. The molecule has 0 bridgehead atoms.